The molecule has 4 nitrogen and oxygen atoms in total. The molecule has 0 aromatic heterocycles. The average Bonchev–Trinajstić information content (AvgIpc) is 2.88. The van der Waals surface area contributed by atoms with Crippen molar-refractivity contribution < 1.29 is 9.59 Å². The molecule has 0 spiro atoms. The summed E-state index contributed by atoms with van der Waals surface area (Å²) >= 11 is 6.01. The topological polar surface area (TPSA) is 40.6 Å². The van der Waals surface area contributed by atoms with Gasteiger partial charge in [-0.25, -0.2) is 0 Å². The number of rotatable bonds is 2. The van der Waals surface area contributed by atoms with Crippen molar-refractivity contribution in [3.05, 3.63) is 34.9 Å². The molecule has 5 heteroatoms. The number of benzene rings is 1. The van der Waals surface area contributed by atoms with Gasteiger partial charge in [0.05, 0.1) is 0 Å². The lowest BCUT2D eigenvalue weighted by Crippen LogP contribution is -2.44. The fraction of sp³-hybridized carbons (Fsp3) is 0.600. The maximum absolute atomic E-state index is 13.0. The first kappa shape index (κ1) is 18.2. The summed E-state index contributed by atoms with van der Waals surface area (Å²) in [5, 5.41) is 0.752. The van der Waals surface area contributed by atoms with Crippen molar-refractivity contribution in [2.24, 2.45) is 5.92 Å². The molecule has 0 saturated carbocycles. The lowest BCUT2D eigenvalue weighted by Gasteiger charge is -2.34. The standard InChI is InChI=1S/C20H27ClN2O2/c1-15(24)22-12-9-17(10-13-22)20(25)23-11-3-2-4-18(14-23)16-5-7-19(21)8-6-16/h5-8,17-18H,2-4,9-14H2,1H3. The van der Waals surface area contributed by atoms with Crippen LogP contribution in [-0.2, 0) is 9.59 Å². The Bertz CT molecular complexity index is 609. The highest BCUT2D eigenvalue weighted by atomic mass is 35.5. The van der Waals surface area contributed by atoms with E-state index in [1.54, 1.807) is 6.92 Å². The van der Waals surface area contributed by atoms with Crippen LogP contribution in [0.3, 0.4) is 0 Å². The Balaban J connectivity index is 1.63. The molecule has 1 unspecified atom stereocenters. The van der Waals surface area contributed by atoms with E-state index in [0.29, 0.717) is 19.0 Å². The van der Waals surface area contributed by atoms with E-state index >= 15 is 0 Å². The van der Waals surface area contributed by atoms with Gasteiger partial charge in [0.15, 0.2) is 0 Å². The van der Waals surface area contributed by atoms with Crippen molar-refractivity contribution in [1.82, 2.24) is 9.80 Å². The summed E-state index contributed by atoms with van der Waals surface area (Å²) in [5.41, 5.74) is 1.27. The fourth-order valence-corrected chi connectivity index (χ4v) is 4.17. The minimum absolute atomic E-state index is 0.0690. The van der Waals surface area contributed by atoms with Crippen LogP contribution in [0, 0.1) is 5.92 Å². The van der Waals surface area contributed by atoms with Gasteiger partial charge >= 0.3 is 0 Å². The van der Waals surface area contributed by atoms with Crippen LogP contribution in [0.1, 0.15) is 50.5 Å². The third kappa shape index (κ3) is 4.55. The SMILES string of the molecule is CC(=O)N1CCC(C(=O)N2CCCCC(c3ccc(Cl)cc3)C2)CC1. The molecule has 2 amide bonds. The van der Waals surface area contributed by atoms with Gasteiger partial charge in [-0.2, -0.15) is 0 Å². The number of carbonyl (C=O) groups is 2. The Hall–Kier alpha value is -1.55. The maximum atomic E-state index is 13.0. The molecular formula is C20H27ClN2O2. The van der Waals surface area contributed by atoms with Crippen LogP contribution >= 0.6 is 11.6 Å². The monoisotopic (exact) mass is 362 g/mol. The van der Waals surface area contributed by atoms with Gasteiger partial charge in [0.1, 0.15) is 0 Å². The van der Waals surface area contributed by atoms with Crippen LogP contribution in [0.25, 0.3) is 0 Å². The van der Waals surface area contributed by atoms with E-state index < -0.39 is 0 Å². The number of likely N-dealkylation sites (tertiary alicyclic amines) is 2. The summed E-state index contributed by atoms with van der Waals surface area (Å²) in [6.45, 7) is 4.68. The van der Waals surface area contributed by atoms with Gasteiger partial charge in [-0.3, -0.25) is 9.59 Å². The third-order valence-electron chi connectivity index (χ3n) is 5.61. The second kappa shape index (κ2) is 8.22. The van der Waals surface area contributed by atoms with Crippen LogP contribution in [0.4, 0.5) is 0 Å². The quantitative estimate of drug-likeness (QED) is 0.804. The molecule has 0 aliphatic carbocycles. The first-order chi connectivity index (χ1) is 12.0. The smallest absolute Gasteiger partial charge is 0.225 e. The molecule has 2 heterocycles. The predicted molar refractivity (Wildman–Crippen MR) is 99.6 cm³/mol. The number of hydrogen-bond acceptors (Lipinski definition) is 2. The summed E-state index contributed by atoms with van der Waals surface area (Å²) in [5.74, 6) is 0.855. The number of amides is 2. The van der Waals surface area contributed by atoms with Crippen LogP contribution in [0.15, 0.2) is 24.3 Å². The largest absolute Gasteiger partial charge is 0.343 e. The zero-order chi connectivity index (χ0) is 17.8. The number of carbonyl (C=O) groups excluding carboxylic acids is 2. The normalized spacial score (nSPS) is 22.6. The van der Waals surface area contributed by atoms with Crippen molar-refractivity contribution in [2.75, 3.05) is 26.2 Å². The van der Waals surface area contributed by atoms with Gasteiger partial charge in [0.25, 0.3) is 0 Å². The summed E-state index contributed by atoms with van der Waals surface area (Å²) < 4.78 is 0. The molecule has 2 fully saturated rings. The maximum Gasteiger partial charge on any atom is 0.225 e. The zero-order valence-electron chi connectivity index (χ0n) is 14.9. The molecule has 0 radical (unpaired) electrons. The number of piperidine rings is 1. The van der Waals surface area contributed by atoms with Crippen LogP contribution in [0.5, 0.6) is 0 Å². The minimum Gasteiger partial charge on any atom is -0.343 e. The Morgan fingerprint density at radius 3 is 2.28 bits per heavy atom. The minimum atomic E-state index is 0.0690. The van der Waals surface area contributed by atoms with E-state index in [-0.39, 0.29) is 17.7 Å². The summed E-state index contributed by atoms with van der Waals surface area (Å²) in [7, 11) is 0. The molecule has 0 N–H and O–H groups in total. The van der Waals surface area contributed by atoms with Crippen molar-refractivity contribution in [3.8, 4) is 0 Å². The molecule has 2 aliphatic rings. The first-order valence-corrected chi connectivity index (χ1v) is 9.72. The van der Waals surface area contributed by atoms with Gasteiger partial charge in [0.2, 0.25) is 11.8 Å². The molecule has 2 saturated heterocycles. The van der Waals surface area contributed by atoms with Crippen molar-refractivity contribution in [2.45, 2.75) is 44.9 Å². The molecule has 3 rings (SSSR count). The molecule has 136 valence electrons. The highest BCUT2D eigenvalue weighted by Crippen LogP contribution is 2.29. The Morgan fingerprint density at radius 1 is 0.960 bits per heavy atom. The van der Waals surface area contributed by atoms with E-state index in [4.69, 9.17) is 11.6 Å². The van der Waals surface area contributed by atoms with Gasteiger partial charge in [-0.15, -0.1) is 0 Å². The molecule has 2 aliphatic heterocycles. The number of halogens is 1. The third-order valence-corrected chi connectivity index (χ3v) is 5.87. The van der Waals surface area contributed by atoms with Gasteiger partial charge in [0, 0.05) is 50.0 Å². The van der Waals surface area contributed by atoms with E-state index in [1.807, 2.05) is 17.0 Å². The summed E-state index contributed by atoms with van der Waals surface area (Å²) in [4.78, 5) is 28.4. The molecule has 0 bridgehead atoms. The fourth-order valence-electron chi connectivity index (χ4n) is 4.05. The average molecular weight is 363 g/mol. The molecule has 1 atom stereocenters. The Morgan fingerprint density at radius 2 is 1.64 bits per heavy atom. The predicted octanol–water partition coefficient (Wildman–Crippen LogP) is 3.69. The molecule has 1 aromatic rings. The van der Waals surface area contributed by atoms with E-state index in [2.05, 4.69) is 17.0 Å². The van der Waals surface area contributed by atoms with Gasteiger partial charge < -0.3 is 9.80 Å². The first-order valence-electron chi connectivity index (χ1n) is 9.34. The summed E-state index contributed by atoms with van der Waals surface area (Å²) in [6, 6.07) is 8.05. The lowest BCUT2D eigenvalue weighted by molar-refractivity contribution is -0.140. The van der Waals surface area contributed by atoms with Gasteiger partial charge in [-0.05, 0) is 43.4 Å². The second-order valence-corrected chi connectivity index (χ2v) is 7.75. The second-order valence-electron chi connectivity index (χ2n) is 7.31. The van der Waals surface area contributed by atoms with Crippen molar-refractivity contribution >= 4 is 23.4 Å². The van der Waals surface area contributed by atoms with Crippen molar-refractivity contribution in [1.29, 1.82) is 0 Å². The van der Waals surface area contributed by atoms with E-state index in [9.17, 15) is 9.59 Å². The molecular weight excluding hydrogens is 336 g/mol. The summed E-state index contributed by atoms with van der Waals surface area (Å²) in [6.07, 6.45) is 4.93. The highest BCUT2D eigenvalue weighted by molar-refractivity contribution is 6.30. The van der Waals surface area contributed by atoms with Crippen LogP contribution in [0.2, 0.25) is 5.02 Å². The Kier molecular flexibility index (Phi) is 6.00. The molecule has 25 heavy (non-hydrogen) atoms. The number of hydrogen-bond donors (Lipinski definition) is 0. The zero-order valence-corrected chi connectivity index (χ0v) is 15.7. The van der Waals surface area contributed by atoms with Crippen LogP contribution in [-0.4, -0.2) is 47.8 Å². The highest BCUT2D eigenvalue weighted by Gasteiger charge is 2.31. The lowest BCUT2D eigenvalue weighted by atomic mass is 9.92. The van der Waals surface area contributed by atoms with E-state index in [1.165, 1.54) is 5.56 Å². The number of nitrogens with zero attached hydrogens (tertiary/aromatic N) is 2. The van der Waals surface area contributed by atoms with Crippen molar-refractivity contribution in [3.63, 3.8) is 0 Å². The molecule has 1 aromatic carbocycles. The Labute approximate surface area is 155 Å². The van der Waals surface area contributed by atoms with Gasteiger partial charge in [-0.1, -0.05) is 30.2 Å². The van der Waals surface area contributed by atoms with Crippen LogP contribution < -0.4 is 0 Å². The van der Waals surface area contributed by atoms with E-state index in [0.717, 1.165) is 50.2 Å².